The molecule has 1 aromatic rings. The average molecular weight is 326 g/mol. The van der Waals surface area contributed by atoms with Crippen LogP contribution in [0.4, 0.5) is 13.2 Å². The fraction of sp³-hybridized carbons (Fsp3) is 0.545. The summed E-state index contributed by atoms with van der Waals surface area (Å²) in [5.74, 6) is -3.23. The first-order valence-corrected chi connectivity index (χ1v) is 9.03. The molecule has 0 aliphatic carbocycles. The summed E-state index contributed by atoms with van der Waals surface area (Å²) in [6.45, 7) is 8.11. The quantitative estimate of drug-likeness (QED) is 0.603. The van der Waals surface area contributed by atoms with Gasteiger partial charge in [-0.3, -0.25) is 0 Å². The Morgan fingerprint density at radius 3 is 2.18 bits per heavy atom. The van der Waals surface area contributed by atoms with Crippen LogP contribution in [0.5, 0.6) is 0 Å². The van der Waals surface area contributed by atoms with Crippen molar-refractivity contribution in [1.29, 1.82) is 0 Å². The number of pyridine rings is 1. The van der Waals surface area contributed by atoms with Crippen LogP contribution in [0.1, 0.15) is 19.4 Å². The van der Waals surface area contributed by atoms with Crippen molar-refractivity contribution in [2.75, 3.05) is 0 Å². The molecule has 6 heteroatoms. The molecule has 0 unspecified atom stereocenters. The Hall–Kier alpha value is -0.363. The largest absolute Gasteiger partial charge is 0.250 e. The van der Waals surface area contributed by atoms with Gasteiger partial charge in [-0.2, -0.15) is 4.39 Å². The van der Waals surface area contributed by atoms with Crippen LogP contribution < -0.4 is 0 Å². The van der Waals surface area contributed by atoms with Crippen molar-refractivity contribution in [2.45, 2.75) is 38.4 Å². The molecule has 17 heavy (non-hydrogen) atoms. The molecule has 1 heterocycles. The zero-order chi connectivity index (χ0) is 13.4. The first-order chi connectivity index (χ1) is 7.66. The maximum atomic E-state index is 13.7. The second-order valence-electron chi connectivity index (χ2n) is 5.12. The van der Waals surface area contributed by atoms with Crippen molar-refractivity contribution in [3.8, 4) is 0 Å². The summed E-state index contributed by atoms with van der Waals surface area (Å²) in [7, 11) is -1.11. The topological polar surface area (TPSA) is 12.9 Å². The van der Waals surface area contributed by atoms with Crippen LogP contribution in [0, 0.1) is 17.6 Å². The van der Waals surface area contributed by atoms with E-state index in [1.54, 1.807) is 0 Å². The van der Waals surface area contributed by atoms with Gasteiger partial charge in [0.1, 0.15) is 4.60 Å². The molecular weight excluding hydrogens is 311 g/mol. The highest BCUT2D eigenvalue weighted by Gasteiger charge is 2.29. The predicted molar refractivity (Wildman–Crippen MR) is 68.4 cm³/mol. The molecule has 0 N–H and O–H groups in total. The van der Waals surface area contributed by atoms with Gasteiger partial charge in [-0.1, -0.05) is 26.9 Å². The summed E-state index contributed by atoms with van der Waals surface area (Å²) in [6.07, 6.45) is 0.187. The number of hydrogen-bond donors (Lipinski definition) is 0. The molecule has 0 spiro atoms. The standard InChI is InChI=1S/C11H15BrF3NSi/c1-11(2,17(3)4)5-6-7(13)9(12)16-10(15)8(6)14/h17H,5H2,1-4H3. The summed E-state index contributed by atoms with van der Waals surface area (Å²) < 4.78 is 40.1. The first-order valence-electron chi connectivity index (χ1n) is 5.35. The van der Waals surface area contributed by atoms with Gasteiger partial charge < -0.3 is 0 Å². The molecule has 0 aliphatic heterocycles. The minimum Gasteiger partial charge on any atom is -0.207 e. The maximum Gasteiger partial charge on any atom is 0.250 e. The van der Waals surface area contributed by atoms with Crippen LogP contribution >= 0.6 is 15.9 Å². The van der Waals surface area contributed by atoms with E-state index in [1.807, 2.05) is 13.8 Å². The van der Waals surface area contributed by atoms with Gasteiger partial charge in [0, 0.05) is 14.4 Å². The van der Waals surface area contributed by atoms with Gasteiger partial charge >= 0.3 is 0 Å². The molecule has 0 atom stereocenters. The lowest BCUT2D eigenvalue weighted by Crippen LogP contribution is -2.25. The van der Waals surface area contributed by atoms with Crippen LogP contribution in [0.15, 0.2) is 4.60 Å². The molecule has 0 amide bonds. The number of halogens is 4. The van der Waals surface area contributed by atoms with E-state index >= 15 is 0 Å². The minimum atomic E-state index is -1.26. The Kier molecular flexibility index (Phi) is 4.41. The van der Waals surface area contributed by atoms with E-state index < -0.39 is 26.4 Å². The molecule has 0 radical (unpaired) electrons. The van der Waals surface area contributed by atoms with Crippen molar-refractivity contribution in [2.24, 2.45) is 0 Å². The SMILES string of the molecule is C[SiH](C)C(C)(C)Cc1c(F)c(F)nc(Br)c1F. The maximum absolute atomic E-state index is 13.7. The number of hydrogen-bond acceptors (Lipinski definition) is 1. The molecule has 0 fully saturated rings. The molecule has 0 aromatic carbocycles. The van der Waals surface area contributed by atoms with Gasteiger partial charge in [0.2, 0.25) is 5.95 Å². The van der Waals surface area contributed by atoms with Crippen LogP contribution in [0.3, 0.4) is 0 Å². The third-order valence-corrected chi connectivity index (χ3v) is 7.14. The molecule has 1 aromatic heterocycles. The number of rotatable bonds is 3. The van der Waals surface area contributed by atoms with Crippen LogP contribution in [0.25, 0.3) is 0 Å². The van der Waals surface area contributed by atoms with Crippen molar-refractivity contribution in [3.05, 3.63) is 27.7 Å². The Morgan fingerprint density at radius 1 is 1.18 bits per heavy atom. The third-order valence-electron chi connectivity index (χ3n) is 3.28. The average Bonchev–Trinajstić information content (AvgIpc) is 2.21. The Bertz CT molecular complexity index is 409. The fourth-order valence-corrected chi connectivity index (χ4v) is 2.35. The predicted octanol–water partition coefficient (Wildman–Crippen LogP) is 4.07. The van der Waals surface area contributed by atoms with Crippen LogP contribution in [0.2, 0.25) is 18.1 Å². The highest BCUT2D eigenvalue weighted by Crippen LogP contribution is 2.35. The Balaban J connectivity index is 3.23. The lowest BCUT2D eigenvalue weighted by molar-refractivity contribution is 0.438. The summed E-state index contributed by atoms with van der Waals surface area (Å²) in [5.41, 5.74) is -0.212. The zero-order valence-electron chi connectivity index (χ0n) is 10.2. The fourth-order valence-electron chi connectivity index (χ4n) is 1.34. The first kappa shape index (κ1) is 14.7. The van der Waals surface area contributed by atoms with Crippen molar-refractivity contribution >= 4 is 24.7 Å². The summed E-state index contributed by atoms with van der Waals surface area (Å²) in [5, 5.41) is -0.186. The van der Waals surface area contributed by atoms with Gasteiger partial charge in [0.05, 0.1) is 0 Å². The molecule has 1 rings (SSSR count). The van der Waals surface area contributed by atoms with Gasteiger partial charge in [0.15, 0.2) is 11.6 Å². The van der Waals surface area contributed by atoms with E-state index in [1.165, 1.54) is 0 Å². The Labute approximate surface area is 109 Å². The molecule has 0 bridgehead atoms. The van der Waals surface area contributed by atoms with E-state index in [0.717, 1.165) is 0 Å². The molecule has 0 saturated carbocycles. The third kappa shape index (κ3) is 3.10. The van der Waals surface area contributed by atoms with E-state index in [2.05, 4.69) is 34.0 Å². The molecule has 96 valence electrons. The summed E-state index contributed by atoms with van der Waals surface area (Å²) in [4.78, 5) is 3.12. The Morgan fingerprint density at radius 2 is 1.71 bits per heavy atom. The van der Waals surface area contributed by atoms with Crippen molar-refractivity contribution in [1.82, 2.24) is 4.98 Å². The molecular formula is C11H15BrF3NSi. The number of nitrogens with zero attached hydrogens (tertiary/aromatic N) is 1. The summed E-state index contributed by atoms with van der Waals surface area (Å²) >= 11 is 2.79. The van der Waals surface area contributed by atoms with Crippen molar-refractivity contribution < 1.29 is 13.2 Å². The van der Waals surface area contributed by atoms with E-state index in [0.29, 0.717) is 0 Å². The van der Waals surface area contributed by atoms with Crippen molar-refractivity contribution in [3.63, 3.8) is 0 Å². The lowest BCUT2D eigenvalue weighted by atomic mass is 10.0. The zero-order valence-corrected chi connectivity index (χ0v) is 13.0. The second kappa shape index (κ2) is 5.10. The van der Waals surface area contributed by atoms with Gasteiger partial charge in [-0.25, -0.2) is 13.8 Å². The molecule has 1 nitrogen and oxygen atoms in total. The van der Waals surface area contributed by atoms with Gasteiger partial charge in [0.25, 0.3) is 0 Å². The lowest BCUT2D eigenvalue weighted by Gasteiger charge is -2.28. The van der Waals surface area contributed by atoms with Crippen LogP contribution in [-0.4, -0.2) is 13.8 Å². The van der Waals surface area contributed by atoms with E-state index in [-0.39, 0.29) is 21.6 Å². The highest BCUT2D eigenvalue weighted by molar-refractivity contribution is 9.10. The number of aromatic nitrogens is 1. The summed E-state index contributed by atoms with van der Waals surface area (Å²) in [6, 6.07) is 0. The van der Waals surface area contributed by atoms with Gasteiger partial charge in [-0.15, -0.1) is 0 Å². The normalized spacial score (nSPS) is 12.3. The highest BCUT2D eigenvalue weighted by atomic mass is 79.9. The smallest absolute Gasteiger partial charge is 0.207 e. The molecule has 0 saturated heterocycles. The van der Waals surface area contributed by atoms with E-state index in [9.17, 15) is 13.2 Å². The minimum absolute atomic E-state index is 0.186. The van der Waals surface area contributed by atoms with Gasteiger partial charge in [-0.05, 0) is 27.4 Å². The second-order valence-corrected chi connectivity index (χ2v) is 9.74. The molecule has 0 aliphatic rings. The van der Waals surface area contributed by atoms with E-state index in [4.69, 9.17) is 0 Å². The van der Waals surface area contributed by atoms with Crippen LogP contribution in [-0.2, 0) is 6.42 Å². The monoisotopic (exact) mass is 325 g/mol.